The molecule has 1 aliphatic heterocycles. The highest BCUT2D eigenvalue weighted by atomic mass is 16.5. The average Bonchev–Trinajstić information content (AvgIpc) is 3.29. The molecule has 4 aromatic rings. The molecule has 5 rings (SSSR count). The molecule has 186 valence electrons. The van der Waals surface area contributed by atoms with E-state index in [9.17, 15) is 4.79 Å². The van der Waals surface area contributed by atoms with E-state index in [1.807, 2.05) is 18.3 Å². The Labute approximate surface area is 209 Å². The van der Waals surface area contributed by atoms with Gasteiger partial charge in [0.05, 0.1) is 17.8 Å². The van der Waals surface area contributed by atoms with Crippen LogP contribution in [0.5, 0.6) is 0 Å². The number of H-pyrrole nitrogens is 1. The van der Waals surface area contributed by atoms with Gasteiger partial charge in [-0.3, -0.25) is 15.2 Å². The van der Waals surface area contributed by atoms with Gasteiger partial charge in [0.15, 0.2) is 5.82 Å². The number of rotatable bonds is 6. The van der Waals surface area contributed by atoms with Crippen molar-refractivity contribution in [1.29, 1.82) is 0 Å². The largest absolute Gasteiger partial charge is 0.450 e. The summed E-state index contributed by atoms with van der Waals surface area (Å²) in [4.78, 5) is 35.7. The summed E-state index contributed by atoms with van der Waals surface area (Å²) in [6, 6.07) is 10.9. The van der Waals surface area contributed by atoms with Gasteiger partial charge in [-0.05, 0) is 50.6 Å². The molecule has 1 aliphatic rings. The number of carbonyl (C=O) groups excluding carboxylic acids is 1. The smallest absolute Gasteiger partial charge is 0.413 e. The number of carbonyl (C=O) groups is 1. The molecule has 0 radical (unpaired) electrons. The van der Waals surface area contributed by atoms with E-state index in [0.717, 1.165) is 47.5 Å². The van der Waals surface area contributed by atoms with E-state index in [-0.39, 0.29) is 6.61 Å². The minimum atomic E-state index is -0.567. The Kier molecular flexibility index (Phi) is 6.88. The molecule has 0 bridgehead atoms. The molecule has 2 atom stereocenters. The first kappa shape index (κ1) is 23.8. The number of fused-ring (bicyclic) bond motifs is 1. The standard InChI is InChI=1S/C26H30N8O2/c1-4-36-26(35)33-25-31-22-11-19(10-21(23(22)32-25)24-27-8-5-9-28-24)18-6-7-20(30-13-18)15-34-14-16(2)29-12-17(34)3/h5-11,13,16-17,29H,4,12,14-15H2,1-3H3,(H2,31,32,33,35)/t16-,17+/m0/s1. The molecule has 1 fully saturated rings. The maximum atomic E-state index is 11.9. The zero-order valence-electron chi connectivity index (χ0n) is 20.7. The van der Waals surface area contributed by atoms with Crippen molar-refractivity contribution in [3.63, 3.8) is 0 Å². The number of hydrogen-bond acceptors (Lipinski definition) is 8. The molecular weight excluding hydrogens is 456 g/mol. The molecule has 0 unspecified atom stereocenters. The lowest BCUT2D eigenvalue weighted by Crippen LogP contribution is -2.53. The maximum absolute atomic E-state index is 11.9. The van der Waals surface area contributed by atoms with Gasteiger partial charge >= 0.3 is 6.09 Å². The van der Waals surface area contributed by atoms with E-state index in [0.29, 0.717) is 29.4 Å². The average molecular weight is 487 g/mol. The number of imidazole rings is 1. The van der Waals surface area contributed by atoms with E-state index in [1.165, 1.54) is 0 Å². The molecule has 10 nitrogen and oxygen atoms in total. The lowest BCUT2D eigenvalue weighted by atomic mass is 10.0. The number of amides is 1. The summed E-state index contributed by atoms with van der Waals surface area (Å²) in [7, 11) is 0. The van der Waals surface area contributed by atoms with Gasteiger partial charge in [0, 0.05) is 61.4 Å². The molecule has 0 aliphatic carbocycles. The summed E-state index contributed by atoms with van der Waals surface area (Å²) in [6.45, 7) is 9.28. The van der Waals surface area contributed by atoms with Crippen LogP contribution in [0.25, 0.3) is 33.5 Å². The summed E-state index contributed by atoms with van der Waals surface area (Å²) < 4.78 is 4.98. The van der Waals surface area contributed by atoms with Crippen LogP contribution in [-0.4, -0.2) is 67.7 Å². The summed E-state index contributed by atoms with van der Waals surface area (Å²) in [5, 5.41) is 6.15. The molecule has 1 aromatic carbocycles. The zero-order chi connectivity index (χ0) is 25.1. The number of pyridine rings is 1. The lowest BCUT2D eigenvalue weighted by molar-refractivity contribution is 0.137. The van der Waals surface area contributed by atoms with Gasteiger partial charge in [-0.25, -0.2) is 19.7 Å². The second-order valence-electron chi connectivity index (χ2n) is 9.05. The van der Waals surface area contributed by atoms with E-state index >= 15 is 0 Å². The lowest BCUT2D eigenvalue weighted by Gasteiger charge is -2.37. The van der Waals surface area contributed by atoms with Crippen molar-refractivity contribution in [2.75, 3.05) is 25.0 Å². The molecule has 0 saturated carbocycles. The number of piperazine rings is 1. The van der Waals surface area contributed by atoms with E-state index in [1.54, 1.807) is 25.4 Å². The van der Waals surface area contributed by atoms with Crippen LogP contribution in [0.4, 0.5) is 10.7 Å². The van der Waals surface area contributed by atoms with Gasteiger partial charge in [-0.2, -0.15) is 0 Å². The minimum absolute atomic E-state index is 0.273. The Morgan fingerprint density at radius 3 is 2.75 bits per heavy atom. The van der Waals surface area contributed by atoms with Gasteiger partial charge < -0.3 is 15.0 Å². The normalized spacial score (nSPS) is 18.3. The van der Waals surface area contributed by atoms with Crippen LogP contribution in [0.1, 0.15) is 26.5 Å². The van der Waals surface area contributed by atoms with Gasteiger partial charge in [-0.15, -0.1) is 0 Å². The highest BCUT2D eigenvalue weighted by molar-refractivity contribution is 5.96. The number of aromatic nitrogens is 5. The van der Waals surface area contributed by atoms with Crippen molar-refractivity contribution in [3.05, 3.63) is 54.6 Å². The monoisotopic (exact) mass is 486 g/mol. The molecule has 4 heterocycles. The molecule has 1 amide bonds. The first-order valence-corrected chi connectivity index (χ1v) is 12.2. The fourth-order valence-electron chi connectivity index (χ4n) is 4.43. The summed E-state index contributed by atoms with van der Waals surface area (Å²) in [5.74, 6) is 0.843. The van der Waals surface area contributed by atoms with Gasteiger partial charge in [0.1, 0.15) is 5.52 Å². The highest BCUT2D eigenvalue weighted by Crippen LogP contribution is 2.32. The fraction of sp³-hybridized carbons (Fsp3) is 0.346. The topological polar surface area (TPSA) is 121 Å². The number of anilines is 1. The van der Waals surface area contributed by atoms with E-state index in [2.05, 4.69) is 61.4 Å². The summed E-state index contributed by atoms with van der Waals surface area (Å²) in [5.41, 5.74) is 5.10. The Hall–Kier alpha value is -3.89. The van der Waals surface area contributed by atoms with Crippen LogP contribution >= 0.6 is 0 Å². The number of benzene rings is 1. The predicted molar refractivity (Wildman–Crippen MR) is 138 cm³/mol. The van der Waals surface area contributed by atoms with Crippen LogP contribution in [0.15, 0.2) is 48.9 Å². The quantitative estimate of drug-likeness (QED) is 0.376. The molecule has 1 saturated heterocycles. The van der Waals surface area contributed by atoms with Crippen LogP contribution in [0.3, 0.4) is 0 Å². The number of aromatic amines is 1. The second-order valence-corrected chi connectivity index (χ2v) is 9.05. The van der Waals surface area contributed by atoms with Crippen molar-refractivity contribution in [1.82, 2.24) is 35.1 Å². The van der Waals surface area contributed by atoms with E-state index < -0.39 is 6.09 Å². The van der Waals surface area contributed by atoms with Crippen LogP contribution in [0, 0.1) is 0 Å². The molecule has 3 aromatic heterocycles. The molecular formula is C26H30N8O2. The SMILES string of the molecule is CCOC(=O)Nc1nc2c(-c3ncccn3)cc(-c3ccc(CN4C[C@H](C)NC[C@H]4C)nc3)cc2[nH]1. The van der Waals surface area contributed by atoms with Crippen LogP contribution in [-0.2, 0) is 11.3 Å². The molecule has 0 spiro atoms. The van der Waals surface area contributed by atoms with Crippen molar-refractivity contribution in [2.45, 2.75) is 39.4 Å². The third kappa shape index (κ3) is 5.19. The Morgan fingerprint density at radius 1 is 1.17 bits per heavy atom. The number of hydrogen-bond donors (Lipinski definition) is 3. The van der Waals surface area contributed by atoms with Crippen molar-refractivity contribution in [2.24, 2.45) is 0 Å². The molecule has 10 heteroatoms. The second kappa shape index (κ2) is 10.4. The summed E-state index contributed by atoms with van der Waals surface area (Å²) in [6.07, 6.45) is 4.72. The number of nitrogens with zero attached hydrogens (tertiary/aromatic N) is 5. The zero-order valence-corrected chi connectivity index (χ0v) is 20.7. The Balaban J connectivity index is 1.47. The number of nitrogens with one attached hydrogen (secondary N) is 3. The minimum Gasteiger partial charge on any atom is -0.450 e. The van der Waals surface area contributed by atoms with Crippen molar-refractivity contribution >= 4 is 23.1 Å². The molecule has 3 N–H and O–H groups in total. The van der Waals surface area contributed by atoms with Crippen molar-refractivity contribution in [3.8, 4) is 22.5 Å². The highest BCUT2D eigenvalue weighted by Gasteiger charge is 2.22. The van der Waals surface area contributed by atoms with E-state index in [4.69, 9.17) is 9.72 Å². The number of ether oxygens (including phenoxy) is 1. The first-order valence-electron chi connectivity index (χ1n) is 12.2. The predicted octanol–water partition coefficient (Wildman–Crippen LogP) is 3.83. The van der Waals surface area contributed by atoms with Crippen molar-refractivity contribution < 1.29 is 9.53 Å². The third-order valence-electron chi connectivity index (χ3n) is 6.31. The Bertz CT molecular complexity index is 1340. The Morgan fingerprint density at radius 2 is 2.00 bits per heavy atom. The maximum Gasteiger partial charge on any atom is 0.413 e. The summed E-state index contributed by atoms with van der Waals surface area (Å²) >= 11 is 0. The first-order chi connectivity index (χ1) is 17.5. The van der Waals surface area contributed by atoms with Gasteiger partial charge in [0.2, 0.25) is 5.95 Å². The van der Waals surface area contributed by atoms with Crippen LogP contribution in [0.2, 0.25) is 0 Å². The fourth-order valence-corrected chi connectivity index (χ4v) is 4.43. The third-order valence-corrected chi connectivity index (χ3v) is 6.31. The molecule has 36 heavy (non-hydrogen) atoms. The van der Waals surface area contributed by atoms with Crippen LogP contribution < -0.4 is 10.6 Å². The van der Waals surface area contributed by atoms with Gasteiger partial charge in [-0.1, -0.05) is 6.07 Å². The van der Waals surface area contributed by atoms with Gasteiger partial charge in [0.25, 0.3) is 0 Å².